The van der Waals surface area contributed by atoms with Crippen LogP contribution in [0.3, 0.4) is 0 Å². The summed E-state index contributed by atoms with van der Waals surface area (Å²) in [5, 5.41) is 0. The van der Waals surface area contributed by atoms with Gasteiger partial charge in [0.25, 0.3) is 0 Å². The molecule has 84 valence electrons. The first-order chi connectivity index (χ1) is 7.22. The standard InChI is InChI=1S/C12H20N2S/c1-3-4-11-7-12(9-14-8-11)15-6-5-10(2)13/h7-10H,3-6,13H2,1-2H3. The van der Waals surface area contributed by atoms with E-state index in [9.17, 15) is 0 Å². The van der Waals surface area contributed by atoms with Gasteiger partial charge in [-0.25, -0.2) is 0 Å². The lowest BCUT2D eigenvalue weighted by atomic mass is 10.2. The summed E-state index contributed by atoms with van der Waals surface area (Å²) in [5.74, 6) is 1.08. The highest BCUT2D eigenvalue weighted by atomic mass is 32.2. The maximum atomic E-state index is 5.71. The van der Waals surface area contributed by atoms with E-state index in [0.29, 0.717) is 6.04 Å². The number of thioether (sulfide) groups is 1. The summed E-state index contributed by atoms with van der Waals surface area (Å²) in [5.41, 5.74) is 7.04. The molecule has 1 rings (SSSR count). The van der Waals surface area contributed by atoms with Gasteiger partial charge in [0, 0.05) is 23.3 Å². The van der Waals surface area contributed by atoms with Crippen molar-refractivity contribution in [3.8, 4) is 0 Å². The molecule has 0 aliphatic rings. The fourth-order valence-corrected chi connectivity index (χ4v) is 2.43. The van der Waals surface area contributed by atoms with Crippen molar-refractivity contribution in [2.24, 2.45) is 5.73 Å². The van der Waals surface area contributed by atoms with Gasteiger partial charge in [-0.15, -0.1) is 11.8 Å². The van der Waals surface area contributed by atoms with E-state index in [4.69, 9.17) is 5.73 Å². The Kier molecular flexibility index (Phi) is 5.73. The molecule has 0 saturated carbocycles. The molecule has 1 aromatic heterocycles. The van der Waals surface area contributed by atoms with Gasteiger partial charge in [0.15, 0.2) is 0 Å². The molecular formula is C12H20N2S. The molecule has 0 aromatic carbocycles. The van der Waals surface area contributed by atoms with Gasteiger partial charge in [0.1, 0.15) is 0 Å². The first-order valence-corrected chi connectivity index (χ1v) is 6.53. The van der Waals surface area contributed by atoms with Crippen LogP contribution in [0.15, 0.2) is 23.4 Å². The third-order valence-corrected chi connectivity index (χ3v) is 3.15. The lowest BCUT2D eigenvalue weighted by molar-refractivity contribution is 0.721. The van der Waals surface area contributed by atoms with E-state index in [2.05, 4.69) is 18.0 Å². The molecule has 1 unspecified atom stereocenters. The third kappa shape index (κ3) is 5.19. The molecule has 1 atom stereocenters. The Balaban J connectivity index is 2.43. The fraction of sp³-hybridized carbons (Fsp3) is 0.583. The summed E-state index contributed by atoms with van der Waals surface area (Å²) < 4.78 is 0. The van der Waals surface area contributed by atoms with Crippen LogP contribution < -0.4 is 5.73 Å². The van der Waals surface area contributed by atoms with E-state index >= 15 is 0 Å². The molecule has 0 saturated heterocycles. The van der Waals surface area contributed by atoms with E-state index in [-0.39, 0.29) is 0 Å². The summed E-state index contributed by atoms with van der Waals surface area (Å²) in [4.78, 5) is 5.51. The largest absolute Gasteiger partial charge is 0.328 e. The zero-order valence-corrected chi connectivity index (χ0v) is 10.4. The van der Waals surface area contributed by atoms with Crippen molar-refractivity contribution >= 4 is 11.8 Å². The van der Waals surface area contributed by atoms with Gasteiger partial charge in [0.2, 0.25) is 0 Å². The Morgan fingerprint density at radius 2 is 2.27 bits per heavy atom. The first kappa shape index (κ1) is 12.5. The number of aryl methyl sites for hydroxylation is 1. The fourth-order valence-electron chi connectivity index (χ4n) is 1.33. The van der Waals surface area contributed by atoms with Crippen molar-refractivity contribution in [3.05, 3.63) is 24.0 Å². The molecular weight excluding hydrogens is 204 g/mol. The van der Waals surface area contributed by atoms with E-state index < -0.39 is 0 Å². The minimum atomic E-state index is 0.296. The van der Waals surface area contributed by atoms with Crippen LogP contribution in [0.5, 0.6) is 0 Å². The summed E-state index contributed by atoms with van der Waals surface area (Å²) in [6.45, 7) is 4.24. The van der Waals surface area contributed by atoms with Crippen LogP contribution in [-0.4, -0.2) is 16.8 Å². The number of aromatic nitrogens is 1. The monoisotopic (exact) mass is 224 g/mol. The Labute approximate surface area is 96.7 Å². The number of hydrogen-bond acceptors (Lipinski definition) is 3. The van der Waals surface area contributed by atoms with Gasteiger partial charge < -0.3 is 5.73 Å². The van der Waals surface area contributed by atoms with Crippen LogP contribution in [0.25, 0.3) is 0 Å². The number of rotatable bonds is 6. The highest BCUT2D eigenvalue weighted by Crippen LogP contribution is 2.19. The zero-order valence-electron chi connectivity index (χ0n) is 9.57. The van der Waals surface area contributed by atoms with Crippen LogP contribution in [0, 0.1) is 0 Å². The Morgan fingerprint density at radius 1 is 1.47 bits per heavy atom. The average molecular weight is 224 g/mol. The second kappa shape index (κ2) is 6.85. The maximum absolute atomic E-state index is 5.71. The molecule has 2 N–H and O–H groups in total. The Morgan fingerprint density at radius 3 is 2.93 bits per heavy atom. The normalized spacial score (nSPS) is 12.7. The van der Waals surface area contributed by atoms with Gasteiger partial charge in [0.05, 0.1) is 0 Å². The van der Waals surface area contributed by atoms with Crippen molar-refractivity contribution in [2.75, 3.05) is 5.75 Å². The molecule has 0 fully saturated rings. The molecule has 0 amide bonds. The van der Waals surface area contributed by atoms with E-state index in [1.807, 2.05) is 31.1 Å². The lowest BCUT2D eigenvalue weighted by Gasteiger charge is -2.05. The maximum Gasteiger partial charge on any atom is 0.0404 e. The van der Waals surface area contributed by atoms with E-state index in [0.717, 1.165) is 18.6 Å². The van der Waals surface area contributed by atoms with Crippen LogP contribution in [-0.2, 0) is 6.42 Å². The molecule has 15 heavy (non-hydrogen) atoms. The topological polar surface area (TPSA) is 38.9 Å². The molecule has 3 heteroatoms. The minimum absolute atomic E-state index is 0.296. The molecule has 0 radical (unpaired) electrons. The van der Waals surface area contributed by atoms with Gasteiger partial charge >= 0.3 is 0 Å². The van der Waals surface area contributed by atoms with Crippen LogP contribution >= 0.6 is 11.8 Å². The molecule has 2 nitrogen and oxygen atoms in total. The summed E-state index contributed by atoms with van der Waals surface area (Å²) in [6, 6.07) is 2.53. The predicted molar refractivity (Wildman–Crippen MR) is 67.2 cm³/mol. The second-order valence-corrected chi connectivity index (χ2v) is 5.06. The molecule has 0 bridgehead atoms. The van der Waals surface area contributed by atoms with Crippen molar-refractivity contribution in [2.45, 2.75) is 44.0 Å². The zero-order chi connectivity index (χ0) is 11.1. The van der Waals surface area contributed by atoms with Gasteiger partial charge in [-0.3, -0.25) is 4.98 Å². The first-order valence-electron chi connectivity index (χ1n) is 5.54. The summed E-state index contributed by atoms with van der Waals surface area (Å²) in [6.07, 6.45) is 7.25. The van der Waals surface area contributed by atoms with Crippen LogP contribution in [0.4, 0.5) is 0 Å². The predicted octanol–water partition coefficient (Wildman–Crippen LogP) is 2.86. The van der Waals surface area contributed by atoms with Crippen molar-refractivity contribution in [3.63, 3.8) is 0 Å². The highest BCUT2D eigenvalue weighted by molar-refractivity contribution is 7.99. The SMILES string of the molecule is CCCc1cncc(SCCC(C)N)c1. The number of nitrogens with two attached hydrogens (primary N) is 1. The summed E-state index contributed by atoms with van der Waals surface area (Å²) in [7, 11) is 0. The number of nitrogens with zero attached hydrogens (tertiary/aromatic N) is 1. The van der Waals surface area contributed by atoms with Crippen molar-refractivity contribution in [1.29, 1.82) is 0 Å². The smallest absolute Gasteiger partial charge is 0.0404 e. The van der Waals surface area contributed by atoms with Gasteiger partial charge in [-0.05, 0) is 37.1 Å². The minimum Gasteiger partial charge on any atom is -0.328 e. The highest BCUT2D eigenvalue weighted by Gasteiger charge is 1.99. The summed E-state index contributed by atoms with van der Waals surface area (Å²) >= 11 is 1.85. The molecule has 0 aliphatic heterocycles. The van der Waals surface area contributed by atoms with Gasteiger partial charge in [-0.1, -0.05) is 13.3 Å². The molecule has 1 aromatic rings. The lowest BCUT2D eigenvalue weighted by Crippen LogP contribution is -2.15. The van der Waals surface area contributed by atoms with Crippen molar-refractivity contribution < 1.29 is 0 Å². The van der Waals surface area contributed by atoms with Crippen LogP contribution in [0.1, 0.15) is 32.3 Å². The van der Waals surface area contributed by atoms with Crippen molar-refractivity contribution in [1.82, 2.24) is 4.98 Å². The van der Waals surface area contributed by atoms with Gasteiger partial charge in [-0.2, -0.15) is 0 Å². The van der Waals surface area contributed by atoms with E-state index in [1.165, 1.54) is 16.9 Å². The molecule has 1 heterocycles. The van der Waals surface area contributed by atoms with E-state index in [1.54, 1.807) is 0 Å². The third-order valence-electron chi connectivity index (χ3n) is 2.15. The molecule has 0 spiro atoms. The number of hydrogen-bond donors (Lipinski definition) is 1. The second-order valence-electron chi connectivity index (χ2n) is 3.89. The Bertz CT molecular complexity index is 287. The quantitative estimate of drug-likeness (QED) is 0.755. The average Bonchev–Trinajstić information content (AvgIpc) is 2.18. The van der Waals surface area contributed by atoms with Crippen LogP contribution in [0.2, 0.25) is 0 Å². The Hall–Kier alpha value is -0.540. The number of pyridine rings is 1. The molecule has 0 aliphatic carbocycles.